The molecule has 1 aromatic heterocycles. The summed E-state index contributed by atoms with van der Waals surface area (Å²) in [5.74, 6) is 3.06. The van der Waals surface area contributed by atoms with Crippen LogP contribution in [0.5, 0.6) is 0 Å². The molecule has 5 nitrogen and oxygen atoms in total. The Morgan fingerprint density at radius 1 is 1.48 bits per heavy atom. The van der Waals surface area contributed by atoms with Crippen LogP contribution in [0.3, 0.4) is 0 Å². The maximum Gasteiger partial charge on any atom is 0.193 e. The molecule has 1 saturated heterocycles. The van der Waals surface area contributed by atoms with Crippen LogP contribution in [0, 0.1) is 13.8 Å². The molecule has 1 aliphatic heterocycles. The van der Waals surface area contributed by atoms with Crippen LogP contribution in [0.4, 0.5) is 0 Å². The molecular weight excluding hydrogens is 284 g/mol. The van der Waals surface area contributed by atoms with Gasteiger partial charge in [0.2, 0.25) is 0 Å². The van der Waals surface area contributed by atoms with E-state index in [2.05, 4.69) is 34.2 Å². The van der Waals surface area contributed by atoms with Crippen LogP contribution < -0.4 is 5.32 Å². The third-order valence-electron chi connectivity index (χ3n) is 3.78. The van der Waals surface area contributed by atoms with Crippen LogP contribution in [-0.4, -0.2) is 53.2 Å². The number of hydrogen-bond acceptors (Lipinski definition) is 4. The van der Waals surface area contributed by atoms with Gasteiger partial charge in [-0.2, -0.15) is 11.8 Å². The molecule has 0 radical (unpaired) electrons. The summed E-state index contributed by atoms with van der Waals surface area (Å²) in [6.45, 7) is 11.5. The first-order chi connectivity index (χ1) is 9.93. The van der Waals surface area contributed by atoms with Crippen molar-refractivity contribution in [3.05, 3.63) is 17.0 Å². The second kappa shape index (κ2) is 6.73. The molecule has 1 aliphatic rings. The quantitative estimate of drug-likeness (QED) is 0.685. The van der Waals surface area contributed by atoms with Crippen LogP contribution in [0.1, 0.15) is 30.9 Å². The van der Waals surface area contributed by atoms with Gasteiger partial charge < -0.3 is 14.7 Å². The number of nitrogens with zero attached hydrogens (tertiary/aromatic N) is 3. The lowest BCUT2D eigenvalue weighted by Crippen LogP contribution is -2.51. The van der Waals surface area contributed by atoms with E-state index in [0.717, 1.165) is 49.2 Å². The summed E-state index contributed by atoms with van der Waals surface area (Å²) >= 11 is 2.03. The van der Waals surface area contributed by atoms with Crippen molar-refractivity contribution in [3.63, 3.8) is 0 Å². The first-order valence-corrected chi connectivity index (χ1v) is 8.43. The Morgan fingerprint density at radius 3 is 2.81 bits per heavy atom. The molecule has 2 heterocycles. The third-order valence-corrected chi connectivity index (χ3v) is 5.07. The van der Waals surface area contributed by atoms with Crippen molar-refractivity contribution < 1.29 is 4.52 Å². The molecular formula is C15H26N4OS. The molecule has 0 aliphatic carbocycles. The van der Waals surface area contributed by atoms with Gasteiger partial charge in [0.05, 0.1) is 5.69 Å². The van der Waals surface area contributed by atoms with Gasteiger partial charge in [0.15, 0.2) is 5.96 Å². The number of aromatic nitrogens is 1. The fourth-order valence-corrected chi connectivity index (χ4v) is 3.80. The van der Waals surface area contributed by atoms with Gasteiger partial charge in [-0.1, -0.05) is 5.16 Å². The largest absolute Gasteiger partial charge is 0.361 e. The van der Waals surface area contributed by atoms with Crippen molar-refractivity contribution in [2.75, 3.05) is 32.4 Å². The fourth-order valence-electron chi connectivity index (χ4n) is 2.69. The summed E-state index contributed by atoms with van der Waals surface area (Å²) in [6, 6.07) is 0. The number of aliphatic imine (C=N–C) groups is 1. The van der Waals surface area contributed by atoms with Crippen LogP contribution >= 0.6 is 11.8 Å². The summed E-state index contributed by atoms with van der Waals surface area (Å²) < 4.78 is 5.49. The van der Waals surface area contributed by atoms with Gasteiger partial charge >= 0.3 is 0 Å². The lowest BCUT2D eigenvalue weighted by molar-refractivity contribution is 0.376. The lowest BCUT2D eigenvalue weighted by Gasteiger charge is -2.39. The van der Waals surface area contributed by atoms with E-state index in [0.29, 0.717) is 0 Å². The average molecular weight is 310 g/mol. The van der Waals surface area contributed by atoms with Gasteiger partial charge in [-0.05, 0) is 34.1 Å². The van der Waals surface area contributed by atoms with Gasteiger partial charge in [-0.3, -0.25) is 4.99 Å². The van der Waals surface area contributed by atoms with Crippen molar-refractivity contribution in [2.45, 2.75) is 38.9 Å². The molecule has 1 aromatic rings. The molecule has 118 valence electrons. The monoisotopic (exact) mass is 310 g/mol. The number of guanidine groups is 1. The van der Waals surface area contributed by atoms with Gasteiger partial charge in [0.1, 0.15) is 5.76 Å². The number of hydrogen-bond donors (Lipinski definition) is 1. The van der Waals surface area contributed by atoms with Gasteiger partial charge in [-0.25, -0.2) is 0 Å². The average Bonchev–Trinajstić information content (AvgIpc) is 2.74. The van der Waals surface area contributed by atoms with Crippen molar-refractivity contribution >= 4 is 17.7 Å². The Labute approximate surface area is 131 Å². The predicted molar refractivity (Wildman–Crippen MR) is 89.2 cm³/mol. The minimum Gasteiger partial charge on any atom is -0.361 e. The summed E-state index contributed by atoms with van der Waals surface area (Å²) in [5.41, 5.74) is 2.19. The van der Waals surface area contributed by atoms with E-state index < -0.39 is 0 Å². The highest BCUT2D eigenvalue weighted by atomic mass is 32.2. The normalized spacial score (nSPS) is 18.9. The zero-order valence-electron chi connectivity index (χ0n) is 13.7. The maximum absolute atomic E-state index is 5.20. The number of aryl methyl sites for hydroxylation is 2. The van der Waals surface area contributed by atoms with Crippen molar-refractivity contribution in [1.29, 1.82) is 0 Å². The highest BCUT2D eigenvalue weighted by molar-refractivity contribution is 8.00. The van der Waals surface area contributed by atoms with E-state index in [4.69, 9.17) is 4.52 Å². The smallest absolute Gasteiger partial charge is 0.193 e. The molecule has 1 fully saturated rings. The van der Waals surface area contributed by atoms with Crippen LogP contribution in [0.15, 0.2) is 9.52 Å². The molecule has 0 aromatic carbocycles. The van der Waals surface area contributed by atoms with E-state index in [-0.39, 0.29) is 4.75 Å². The SMILES string of the molecule is CN=C(NCCc1c(C)noc1C)N1CCSC(C)(C)C1. The minimum atomic E-state index is 0.289. The zero-order chi connectivity index (χ0) is 15.5. The highest BCUT2D eigenvalue weighted by Crippen LogP contribution is 2.29. The molecule has 2 rings (SSSR count). The lowest BCUT2D eigenvalue weighted by atomic mass is 10.1. The molecule has 1 N–H and O–H groups in total. The molecule has 21 heavy (non-hydrogen) atoms. The first-order valence-electron chi connectivity index (χ1n) is 7.44. The van der Waals surface area contributed by atoms with Crippen molar-refractivity contribution in [1.82, 2.24) is 15.4 Å². The minimum absolute atomic E-state index is 0.289. The summed E-state index contributed by atoms with van der Waals surface area (Å²) in [5, 5.41) is 7.46. The number of nitrogens with one attached hydrogen (secondary N) is 1. The van der Waals surface area contributed by atoms with Crippen LogP contribution in [0.2, 0.25) is 0 Å². The third kappa shape index (κ3) is 4.15. The van der Waals surface area contributed by atoms with E-state index >= 15 is 0 Å². The Balaban J connectivity index is 1.89. The maximum atomic E-state index is 5.20. The highest BCUT2D eigenvalue weighted by Gasteiger charge is 2.28. The second-order valence-corrected chi connectivity index (χ2v) is 7.86. The summed E-state index contributed by atoms with van der Waals surface area (Å²) in [4.78, 5) is 6.78. The van der Waals surface area contributed by atoms with Crippen LogP contribution in [-0.2, 0) is 6.42 Å². The van der Waals surface area contributed by atoms with Crippen LogP contribution in [0.25, 0.3) is 0 Å². The molecule has 0 unspecified atom stereocenters. The topological polar surface area (TPSA) is 53.7 Å². The number of thioether (sulfide) groups is 1. The Kier molecular flexibility index (Phi) is 5.19. The standard InChI is InChI=1S/C15H26N4OS/c1-11-13(12(2)20-18-11)6-7-17-14(16-5)19-8-9-21-15(3,4)10-19/h6-10H2,1-5H3,(H,16,17). The Morgan fingerprint density at radius 2 is 2.24 bits per heavy atom. The molecule has 0 bridgehead atoms. The van der Waals surface area contributed by atoms with Gasteiger partial charge in [0, 0.05) is 42.7 Å². The summed E-state index contributed by atoms with van der Waals surface area (Å²) in [6.07, 6.45) is 0.909. The molecule has 0 amide bonds. The second-order valence-electron chi connectivity index (χ2n) is 6.06. The molecule has 0 saturated carbocycles. The van der Waals surface area contributed by atoms with Gasteiger partial charge in [-0.15, -0.1) is 0 Å². The Bertz CT molecular complexity index is 490. The first kappa shape index (κ1) is 16.2. The van der Waals surface area contributed by atoms with E-state index in [1.54, 1.807) is 0 Å². The van der Waals surface area contributed by atoms with E-state index in [1.807, 2.05) is 32.7 Å². The van der Waals surface area contributed by atoms with Gasteiger partial charge in [0.25, 0.3) is 0 Å². The predicted octanol–water partition coefficient (Wildman–Crippen LogP) is 2.24. The zero-order valence-corrected chi connectivity index (χ0v) is 14.5. The van der Waals surface area contributed by atoms with E-state index in [1.165, 1.54) is 5.56 Å². The van der Waals surface area contributed by atoms with Crippen molar-refractivity contribution in [2.24, 2.45) is 4.99 Å². The Hall–Kier alpha value is -1.17. The summed E-state index contributed by atoms with van der Waals surface area (Å²) in [7, 11) is 1.85. The van der Waals surface area contributed by atoms with Crippen molar-refractivity contribution in [3.8, 4) is 0 Å². The fraction of sp³-hybridized carbons (Fsp3) is 0.733. The molecule has 0 atom stereocenters. The number of rotatable bonds is 3. The molecule has 6 heteroatoms. The van der Waals surface area contributed by atoms with E-state index in [9.17, 15) is 0 Å². The molecule has 0 spiro atoms.